The molecule has 2 N–H and O–H groups in total. The van der Waals surface area contributed by atoms with Crippen LogP contribution in [0.4, 0.5) is 0 Å². The van der Waals surface area contributed by atoms with Gasteiger partial charge in [-0.15, -0.1) is 0 Å². The molecule has 3 aliphatic heterocycles. The minimum atomic E-state index is -0.527. The van der Waals surface area contributed by atoms with E-state index < -0.39 is 5.72 Å². The van der Waals surface area contributed by atoms with Gasteiger partial charge in [-0.05, 0) is 97.8 Å². The van der Waals surface area contributed by atoms with E-state index in [2.05, 4.69) is 93.0 Å². The molecule has 4 fully saturated rings. The average Bonchev–Trinajstić information content (AvgIpc) is 3.40. The molecule has 0 bridgehead atoms. The summed E-state index contributed by atoms with van der Waals surface area (Å²) in [4.78, 5) is 9.19. The lowest BCUT2D eigenvalue weighted by atomic mass is 9.73. The number of rotatable bonds is 8. The van der Waals surface area contributed by atoms with E-state index in [-0.39, 0.29) is 57.5 Å². The van der Waals surface area contributed by atoms with Gasteiger partial charge in [0.2, 0.25) is 0 Å². The summed E-state index contributed by atoms with van der Waals surface area (Å²) in [5, 5.41) is 25.1. The summed E-state index contributed by atoms with van der Waals surface area (Å²) in [6.07, 6.45) is 10.8. The van der Waals surface area contributed by atoms with Gasteiger partial charge in [-0.1, -0.05) is 53.9 Å². The Morgan fingerprint density at radius 2 is 1.43 bits per heavy atom. The third-order valence-electron chi connectivity index (χ3n) is 11.4. The van der Waals surface area contributed by atoms with Crippen LogP contribution >= 0.6 is 0 Å². The van der Waals surface area contributed by atoms with Gasteiger partial charge in [-0.2, -0.15) is 5.06 Å². The third-order valence-corrected chi connectivity index (χ3v) is 11.4. The molecule has 1 aliphatic carbocycles. The Bertz CT molecular complexity index is 1210. The molecule has 1 aromatic rings. The highest BCUT2D eigenvalue weighted by Gasteiger charge is 2.56. The van der Waals surface area contributed by atoms with Crippen molar-refractivity contribution in [1.29, 1.82) is 0 Å². The summed E-state index contributed by atoms with van der Waals surface area (Å²) >= 11 is 0. The number of hydrogen-bond acceptors (Lipinski definition) is 7. The summed E-state index contributed by atoms with van der Waals surface area (Å²) in [6.45, 7) is 28.2. The second-order valence-electron chi connectivity index (χ2n) is 19.3. The van der Waals surface area contributed by atoms with E-state index in [0.717, 1.165) is 50.6 Å². The lowest BCUT2D eigenvalue weighted by Gasteiger charge is -2.54. The summed E-state index contributed by atoms with van der Waals surface area (Å²) in [5.41, 5.74) is -0.346. The van der Waals surface area contributed by atoms with Crippen LogP contribution in [0.1, 0.15) is 159 Å². The van der Waals surface area contributed by atoms with Crippen LogP contribution < -0.4 is 0 Å². The quantitative estimate of drug-likeness (QED) is 0.294. The fourth-order valence-corrected chi connectivity index (χ4v) is 10.3. The second kappa shape index (κ2) is 12.2. The monoisotopic (exact) mass is 646 g/mol. The Labute approximate surface area is 280 Å². The fourth-order valence-electron chi connectivity index (χ4n) is 10.3. The maximum absolute atomic E-state index is 11.6. The molecule has 0 radical (unpaired) electrons. The molecule has 4 aliphatic rings. The number of hydroxylamine groups is 2. The normalized spacial score (nSPS) is 31.3. The minimum Gasteiger partial charge on any atom is -0.494 e. The lowest BCUT2D eigenvalue weighted by Crippen LogP contribution is -2.62. The number of aromatic nitrogens is 1. The van der Waals surface area contributed by atoms with Crippen LogP contribution in [0.3, 0.4) is 0 Å². The molecule has 0 spiro atoms. The van der Waals surface area contributed by atoms with Gasteiger partial charge < -0.3 is 19.7 Å². The summed E-state index contributed by atoms with van der Waals surface area (Å²) in [7, 11) is 0. The van der Waals surface area contributed by atoms with Crippen LogP contribution in [-0.2, 0) is 19.7 Å². The van der Waals surface area contributed by atoms with E-state index in [0.29, 0.717) is 19.1 Å². The molecule has 5 rings (SSSR count). The van der Waals surface area contributed by atoms with Gasteiger partial charge in [0.05, 0.1) is 24.9 Å². The number of hydrogen-bond donors (Lipinski definition) is 2. The molecule has 8 nitrogen and oxygen atoms in total. The van der Waals surface area contributed by atoms with Gasteiger partial charge in [-0.3, -0.25) is 14.3 Å². The number of ether oxygens (including phenoxy) is 2. The maximum atomic E-state index is 11.6. The van der Waals surface area contributed by atoms with Crippen molar-refractivity contribution in [2.75, 3.05) is 13.2 Å². The Balaban J connectivity index is 1.25. The van der Waals surface area contributed by atoms with Crippen molar-refractivity contribution in [2.45, 2.75) is 199 Å². The lowest BCUT2D eigenvalue weighted by molar-refractivity contribution is -0.320. The summed E-state index contributed by atoms with van der Waals surface area (Å²) < 4.78 is 15.3. The van der Waals surface area contributed by atoms with E-state index in [4.69, 9.17) is 14.3 Å². The fraction of sp³-hybridized carbons (Fsp3) is 0.895. The predicted octanol–water partition coefficient (Wildman–Crippen LogP) is 8.45. The van der Waals surface area contributed by atoms with Gasteiger partial charge in [0.25, 0.3) is 0 Å². The Hall–Kier alpha value is -1.32. The van der Waals surface area contributed by atoms with Crippen molar-refractivity contribution >= 4 is 0 Å². The summed E-state index contributed by atoms with van der Waals surface area (Å²) in [5.74, 6) is 0.320. The average molecular weight is 646 g/mol. The molecule has 1 saturated carbocycles. The Kier molecular flexibility index (Phi) is 9.56. The van der Waals surface area contributed by atoms with Crippen molar-refractivity contribution < 1.29 is 24.5 Å². The molecule has 0 amide bonds. The van der Waals surface area contributed by atoms with Crippen LogP contribution in [0.25, 0.3) is 0 Å². The zero-order valence-electron chi connectivity index (χ0n) is 31.3. The molecular formula is C38H67N3O5. The largest absolute Gasteiger partial charge is 0.494 e. The van der Waals surface area contributed by atoms with Crippen molar-refractivity contribution in [3.8, 4) is 11.8 Å². The highest BCUT2D eigenvalue weighted by atomic mass is 16.7. The molecule has 3 atom stereocenters. The Morgan fingerprint density at radius 1 is 0.826 bits per heavy atom. The molecule has 8 heteroatoms. The number of nitrogens with zero attached hydrogens (tertiary/aromatic N) is 3. The van der Waals surface area contributed by atoms with Gasteiger partial charge in [0.15, 0.2) is 11.8 Å². The van der Waals surface area contributed by atoms with Gasteiger partial charge in [-0.25, -0.2) is 0 Å². The van der Waals surface area contributed by atoms with Crippen LogP contribution in [-0.4, -0.2) is 78.5 Å². The van der Waals surface area contributed by atoms with E-state index in [9.17, 15) is 10.2 Å². The van der Waals surface area contributed by atoms with Crippen molar-refractivity contribution in [1.82, 2.24) is 14.5 Å². The highest BCUT2D eigenvalue weighted by Crippen LogP contribution is 2.52. The van der Waals surface area contributed by atoms with Crippen molar-refractivity contribution in [2.24, 2.45) is 5.41 Å². The van der Waals surface area contributed by atoms with Crippen molar-refractivity contribution in [3.63, 3.8) is 0 Å². The topological polar surface area (TPSA) is 79.6 Å². The van der Waals surface area contributed by atoms with Gasteiger partial charge in [0.1, 0.15) is 5.72 Å². The summed E-state index contributed by atoms with van der Waals surface area (Å²) in [6, 6.07) is 1.69. The molecule has 3 saturated heterocycles. The number of piperidine rings is 2. The van der Waals surface area contributed by atoms with Gasteiger partial charge in [0, 0.05) is 47.3 Å². The van der Waals surface area contributed by atoms with Gasteiger partial charge >= 0.3 is 0 Å². The molecule has 1 aromatic heterocycles. The smallest absolute Gasteiger partial charge is 0.198 e. The van der Waals surface area contributed by atoms with E-state index in [1.54, 1.807) is 10.6 Å². The van der Waals surface area contributed by atoms with Crippen LogP contribution in [0, 0.1) is 5.41 Å². The van der Waals surface area contributed by atoms with E-state index in [1.165, 1.54) is 19.3 Å². The number of aromatic hydroxyl groups is 2. The second-order valence-corrected chi connectivity index (χ2v) is 19.3. The molecule has 4 heterocycles. The number of fused-ring (bicyclic) bond motifs is 1. The van der Waals surface area contributed by atoms with E-state index >= 15 is 0 Å². The minimum absolute atomic E-state index is 0.0427. The third kappa shape index (κ3) is 7.31. The standard InChI is InChI=1S/C38H67N3O5/c1-33(2,3)25-34(4,5)30-18-31(42)40(32(30)43)26-19-35(6,7)39-23-29(45-38(39,12)20-26)24-44-28-21-36(8,9)41(37(10,11)22-28)46-27-16-14-13-15-17-27/h18,26-29,42-43H,13-17,19-25H2,1-12H3. The molecule has 3 unspecified atom stereocenters. The van der Waals surface area contributed by atoms with Crippen LogP contribution in [0.5, 0.6) is 11.8 Å². The van der Waals surface area contributed by atoms with Crippen molar-refractivity contribution in [3.05, 3.63) is 11.6 Å². The zero-order valence-corrected chi connectivity index (χ0v) is 31.3. The van der Waals surface area contributed by atoms with E-state index in [1.807, 2.05) is 0 Å². The molecule has 0 aromatic carbocycles. The first kappa shape index (κ1) is 36.0. The first-order chi connectivity index (χ1) is 21.0. The SMILES string of the molecule is CC(C)(C)CC(C)(C)c1cc(O)n(C2CC(C)(C)N3CC(COC4CC(C)(C)N(OC5CCCCC5)C(C)(C)C4)OC3(C)C2)c1O. The van der Waals surface area contributed by atoms with Crippen LogP contribution in [0.2, 0.25) is 0 Å². The maximum Gasteiger partial charge on any atom is 0.198 e. The molecule has 264 valence electrons. The predicted molar refractivity (Wildman–Crippen MR) is 184 cm³/mol. The first-order valence-corrected chi connectivity index (χ1v) is 18.2. The zero-order chi connectivity index (χ0) is 34.1. The Morgan fingerprint density at radius 3 is 2.02 bits per heavy atom. The molecular weight excluding hydrogens is 578 g/mol. The molecule has 46 heavy (non-hydrogen) atoms. The van der Waals surface area contributed by atoms with Crippen LogP contribution in [0.15, 0.2) is 6.07 Å². The highest BCUT2D eigenvalue weighted by molar-refractivity contribution is 5.41. The first-order valence-electron chi connectivity index (χ1n) is 18.2.